The van der Waals surface area contributed by atoms with Crippen LogP contribution in [-0.4, -0.2) is 9.97 Å². The van der Waals surface area contributed by atoms with Crippen LogP contribution in [0.4, 0.5) is 18.9 Å². The Morgan fingerprint density at radius 1 is 1.15 bits per heavy atom. The molecule has 0 spiro atoms. The quantitative estimate of drug-likeness (QED) is 0.691. The van der Waals surface area contributed by atoms with E-state index in [1.807, 2.05) is 0 Å². The fourth-order valence-electron chi connectivity index (χ4n) is 1.84. The van der Waals surface area contributed by atoms with Crippen molar-refractivity contribution in [3.8, 4) is 10.6 Å². The fourth-order valence-corrected chi connectivity index (χ4v) is 2.76. The van der Waals surface area contributed by atoms with Crippen LogP contribution in [0.2, 0.25) is 0 Å². The van der Waals surface area contributed by atoms with E-state index in [4.69, 9.17) is 5.73 Å². The normalized spacial score (nSPS) is 11.9. The highest BCUT2D eigenvalue weighted by Gasteiger charge is 2.31. The minimum atomic E-state index is -4.43. The van der Waals surface area contributed by atoms with Crippen molar-refractivity contribution in [1.29, 1.82) is 0 Å². The second-order valence-electron chi connectivity index (χ2n) is 4.20. The SMILES string of the molecule is Nc1cc(-c2nc3cnccc3s2)cc(C(F)(F)F)c1. The maximum Gasteiger partial charge on any atom is 0.416 e. The molecule has 3 nitrogen and oxygen atoms in total. The molecule has 0 saturated carbocycles. The second kappa shape index (κ2) is 4.45. The summed E-state index contributed by atoms with van der Waals surface area (Å²) < 4.78 is 39.2. The van der Waals surface area contributed by atoms with Crippen LogP contribution in [0.1, 0.15) is 5.56 Å². The third-order valence-corrected chi connectivity index (χ3v) is 3.80. The van der Waals surface area contributed by atoms with Gasteiger partial charge in [-0.3, -0.25) is 4.98 Å². The van der Waals surface area contributed by atoms with E-state index in [9.17, 15) is 13.2 Å². The van der Waals surface area contributed by atoms with E-state index in [0.29, 0.717) is 16.1 Å². The summed E-state index contributed by atoms with van der Waals surface area (Å²) in [6.07, 6.45) is -1.24. The molecule has 0 unspecified atom stereocenters. The zero-order valence-corrected chi connectivity index (χ0v) is 10.8. The van der Waals surface area contributed by atoms with Crippen molar-refractivity contribution in [1.82, 2.24) is 9.97 Å². The van der Waals surface area contributed by atoms with Crippen LogP contribution in [0.5, 0.6) is 0 Å². The number of aromatic nitrogens is 2. The van der Waals surface area contributed by atoms with E-state index < -0.39 is 11.7 Å². The lowest BCUT2D eigenvalue weighted by molar-refractivity contribution is -0.137. The Labute approximate surface area is 115 Å². The van der Waals surface area contributed by atoms with E-state index in [2.05, 4.69) is 9.97 Å². The van der Waals surface area contributed by atoms with Gasteiger partial charge in [0.05, 0.1) is 16.5 Å². The van der Waals surface area contributed by atoms with Gasteiger partial charge < -0.3 is 5.73 Å². The van der Waals surface area contributed by atoms with Crippen LogP contribution in [0.25, 0.3) is 20.8 Å². The molecule has 0 radical (unpaired) electrons. The predicted octanol–water partition coefficient (Wildman–Crippen LogP) is 3.96. The van der Waals surface area contributed by atoms with Crippen molar-refractivity contribution in [2.45, 2.75) is 6.18 Å². The summed E-state index contributed by atoms with van der Waals surface area (Å²) >= 11 is 1.30. The number of benzene rings is 1. The largest absolute Gasteiger partial charge is 0.416 e. The molecular formula is C13H8F3N3S. The van der Waals surface area contributed by atoms with Gasteiger partial charge in [0.15, 0.2) is 0 Å². The second-order valence-corrected chi connectivity index (χ2v) is 5.23. The monoisotopic (exact) mass is 295 g/mol. The number of rotatable bonds is 1. The molecule has 20 heavy (non-hydrogen) atoms. The van der Waals surface area contributed by atoms with Crippen LogP contribution in [-0.2, 0) is 6.18 Å². The number of alkyl halides is 3. The molecule has 0 aliphatic carbocycles. The topological polar surface area (TPSA) is 51.8 Å². The molecule has 0 saturated heterocycles. The maximum absolute atomic E-state index is 12.8. The number of hydrogen-bond acceptors (Lipinski definition) is 4. The zero-order chi connectivity index (χ0) is 14.3. The van der Waals surface area contributed by atoms with Gasteiger partial charge in [0.1, 0.15) is 10.5 Å². The molecular weight excluding hydrogens is 287 g/mol. The first-order chi connectivity index (χ1) is 9.43. The Hall–Kier alpha value is -2.15. The van der Waals surface area contributed by atoms with Crippen LogP contribution in [0.3, 0.4) is 0 Å². The summed E-state index contributed by atoms with van der Waals surface area (Å²) in [6, 6.07) is 5.23. The van der Waals surface area contributed by atoms with Crippen molar-refractivity contribution in [2.75, 3.05) is 5.73 Å². The van der Waals surface area contributed by atoms with E-state index in [0.717, 1.165) is 16.8 Å². The van der Waals surface area contributed by atoms with E-state index in [-0.39, 0.29) is 5.69 Å². The predicted molar refractivity (Wildman–Crippen MR) is 72.3 cm³/mol. The average Bonchev–Trinajstić information content (AvgIpc) is 2.80. The van der Waals surface area contributed by atoms with E-state index in [1.165, 1.54) is 17.4 Å². The Bertz CT molecular complexity index is 747. The van der Waals surface area contributed by atoms with Gasteiger partial charge in [-0.25, -0.2) is 4.98 Å². The summed E-state index contributed by atoms with van der Waals surface area (Å²) in [4.78, 5) is 8.21. The molecule has 3 aromatic rings. The van der Waals surface area contributed by atoms with Crippen LogP contribution < -0.4 is 5.73 Å². The molecule has 3 rings (SSSR count). The third kappa shape index (κ3) is 2.32. The average molecular weight is 295 g/mol. The highest BCUT2D eigenvalue weighted by Crippen LogP contribution is 2.36. The number of anilines is 1. The van der Waals surface area contributed by atoms with Gasteiger partial charge in [-0.05, 0) is 24.3 Å². The first-order valence-electron chi connectivity index (χ1n) is 5.62. The molecule has 2 aromatic heterocycles. The molecule has 102 valence electrons. The number of nitrogen functional groups attached to an aromatic ring is 1. The Kier molecular flexibility index (Phi) is 2.86. The van der Waals surface area contributed by atoms with Crippen molar-refractivity contribution < 1.29 is 13.2 Å². The lowest BCUT2D eigenvalue weighted by Crippen LogP contribution is -2.05. The van der Waals surface area contributed by atoms with Gasteiger partial charge in [-0.1, -0.05) is 0 Å². The Morgan fingerprint density at radius 3 is 2.65 bits per heavy atom. The molecule has 0 aliphatic heterocycles. The summed E-state index contributed by atoms with van der Waals surface area (Å²) in [7, 11) is 0. The van der Waals surface area contributed by atoms with Gasteiger partial charge >= 0.3 is 6.18 Å². The standard InChI is InChI=1S/C13H8F3N3S/c14-13(15,16)8-3-7(4-9(17)5-8)12-19-10-6-18-2-1-11(10)20-12/h1-6H,17H2. The van der Waals surface area contributed by atoms with Gasteiger partial charge in [0.25, 0.3) is 0 Å². The van der Waals surface area contributed by atoms with E-state index in [1.54, 1.807) is 18.5 Å². The molecule has 7 heteroatoms. The number of thiazole rings is 1. The molecule has 0 bridgehead atoms. The van der Waals surface area contributed by atoms with Gasteiger partial charge in [-0.2, -0.15) is 13.2 Å². The maximum atomic E-state index is 12.8. The smallest absolute Gasteiger partial charge is 0.399 e. The molecule has 0 atom stereocenters. The summed E-state index contributed by atoms with van der Waals surface area (Å²) in [5.74, 6) is 0. The minimum absolute atomic E-state index is 0.0622. The van der Waals surface area contributed by atoms with Crippen molar-refractivity contribution in [2.24, 2.45) is 0 Å². The first-order valence-corrected chi connectivity index (χ1v) is 6.44. The number of hydrogen-bond donors (Lipinski definition) is 1. The molecule has 0 amide bonds. The lowest BCUT2D eigenvalue weighted by Gasteiger charge is -2.09. The fraction of sp³-hybridized carbons (Fsp3) is 0.0769. The Balaban J connectivity index is 2.16. The minimum Gasteiger partial charge on any atom is -0.399 e. The molecule has 2 heterocycles. The summed E-state index contributed by atoms with van der Waals surface area (Å²) in [5, 5.41) is 0.491. The highest BCUT2D eigenvalue weighted by molar-refractivity contribution is 7.21. The van der Waals surface area contributed by atoms with Crippen LogP contribution >= 0.6 is 11.3 Å². The number of nitrogens with two attached hydrogens (primary N) is 1. The van der Waals surface area contributed by atoms with E-state index >= 15 is 0 Å². The van der Waals surface area contributed by atoms with Crippen molar-refractivity contribution >= 4 is 27.2 Å². The molecule has 1 aromatic carbocycles. The third-order valence-electron chi connectivity index (χ3n) is 2.72. The van der Waals surface area contributed by atoms with Gasteiger partial charge in [0.2, 0.25) is 0 Å². The number of nitrogens with zero attached hydrogens (tertiary/aromatic N) is 2. The summed E-state index contributed by atoms with van der Waals surface area (Å²) in [6.45, 7) is 0. The lowest BCUT2D eigenvalue weighted by atomic mass is 10.1. The van der Waals surface area contributed by atoms with Gasteiger partial charge in [0, 0.05) is 17.4 Å². The number of pyridine rings is 1. The highest BCUT2D eigenvalue weighted by atomic mass is 32.1. The van der Waals surface area contributed by atoms with Crippen LogP contribution in [0, 0.1) is 0 Å². The molecule has 2 N–H and O–H groups in total. The van der Waals surface area contributed by atoms with Crippen LogP contribution in [0.15, 0.2) is 36.7 Å². The number of halogens is 3. The summed E-state index contributed by atoms with van der Waals surface area (Å²) in [5.41, 5.74) is 5.86. The van der Waals surface area contributed by atoms with Gasteiger partial charge in [-0.15, -0.1) is 11.3 Å². The molecule has 0 fully saturated rings. The zero-order valence-electron chi connectivity index (χ0n) is 9.98. The Morgan fingerprint density at radius 2 is 1.95 bits per heavy atom. The first kappa shape index (κ1) is 12.9. The van der Waals surface area contributed by atoms with Crippen molar-refractivity contribution in [3.63, 3.8) is 0 Å². The number of fused-ring (bicyclic) bond motifs is 1. The van der Waals surface area contributed by atoms with Crippen molar-refractivity contribution in [3.05, 3.63) is 42.2 Å². The molecule has 0 aliphatic rings.